The first-order valence-electron chi connectivity index (χ1n) is 7.21. The molecule has 1 amide bonds. The lowest BCUT2D eigenvalue weighted by Gasteiger charge is -2.09. The minimum atomic E-state index is -0.448. The molecule has 1 heterocycles. The van der Waals surface area contributed by atoms with Gasteiger partial charge in [0.2, 0.25) is 5.91 Å². The number of ether oxygens (including phenoxy) is 1. The number of nitrogens with zero attached hydrogens (tertiary/aromatic N) is 2. The molecular weight excluding hydrogens is 308 g/mol. The van der Waals surface area contributed by atoms with E-state index in [0.29, 0.717) is 10.7 Å². The topological polar surface area (TPSA) is 41.9 Å². The predicted molar refractivity (Wildman–Crippen MR) is 94.6 cm³/mol. The van der Waals surface area contributed by atoms with Gasteiger partial charge in [0.1, 0.15) is 16.7 Å². The molecule has 116 valence electrons. The highest BCUT2D eigenvalue weighted by atomic mass is 32.1. The maximum Gasteiger partial charge on any atom is 0.241 e. The van der Waals surface area contributed by atoms with Crippen LogP contribution in [0.4, 0.5) is 5.69 Å². The third-order valence-corrected chi connectivity index (χ3v) is 4.31. The number of likely N-dealkylation sites (tertiary alicyclic amines) is 1. The molecule has 5 heteroatoms. The second kappa shape index (κ2) is 6.30. The standard InChI is InChI=1S/C18H16N2O2S/c1-20-17(21)15(12-6-4-3-5-7-12)16(18(20)23)19-13-8-10-14(22-2)11-9-13/h3-11,15H,1-2H3. The Balaban J connectivity index is 2.04. The molecular formula is C18H16N2O2S. The van der Waals surface area contributed by atoms with Gasteiger partial charge in [0, 0.05) is 7.05 Å². The number of methoxy groups -OCH3 is 1. The summed E-state index contributed by atoms with van der Waals surface area (Å²) < 4.78 is 5.15. The molecule has 1 aliphatic heterocycles. The molecule has 1 unspecified atom stereocenters. The Kier molecular flexibility index (Phi) is 4.21. The molecule has 1 aliphatic rings. The van der Waals surface area contributed by atoms with Crippen molar-refractivity contribution >= 4 is 34.5 Å². The molecule has 0 aliphatic carbocycles. The summed E-state index contributed by atoms with van der Waals surface area (Å²) in [5.41, 5.74) is 2.26. The third-order valence-electron chi connectivity index (χ3n) is 3.83. The maximum absolute atomic E-state index is 12.6. The Bertz CT molecular complexity index is 769. The Morgan fingerprint density at radius 1 is 1.09 bits per heavy atom. The Labute approximate surface area is 140 Å². The molecule has 0 N–H and O–H groups in total. The second-order valence-corrected chi connectivity index (χ2v) is 5.63. The predicted octanol–water partition coefficient (Wildman–Crippen LogP) is 3.35. The average Bonchev–Trinajstić information content (AvgIpc) is 2.80. The van der Waals surface area contributed by atoms with Crippen molar-refractivity contribution in [3.05, 3.63) is 60.2 Å². The second-order valence-electron chi connectivity index (χ2n) is 5.24. The van der Waals surface area contributed by atoms with Crippen molar-refractivity contribution in [2.45, 2.75) is 5.92 Å². The summed E-state index contributed by atoms with van der Waals surface area (Å²) in [7, 11) is 3.31. The number of benzene rings is 2. The van der Waals surface area contributed by atoms with Crippen molar-refractivity contribution < 1.29 is 9.53 Å². The number of amides is 1. The molecule has 2 aromatic rings. The highest BCUT2D eigenvalue weighted by molar-refractivity contribution is 7.82. The molecule has 0 saturated carbocycles. The minimum absolute atomic E-state index is 0.0477. The fourth-order valence-corrected chi connectivity index (χ4v) is 2.81. The zero-order chi connectivity index (χ0) is 16.4. The molecule has 1 fully saturated rings. The van der Waals surface area contributed by atoms with Gasteiger partial charge in [-0.3, -0.25) is 4.79 Å². The molecule has 0 bridgehead atoms. The van der Waals surface area contributed by atoms with Gasteiger partial charge >= 0.3 is 0 Å². The van der Waals surface area contributed by atoms with Crippen LogP contribution in [0.25, 0.3) is 0 Å². The fourth-order valence-electron chi connectivity index (χ4n) is 2.56. The lowest BCUT2D eigenvalue weighted by Crippen LogP contribution is -2.24. The summed E-state index contributed by atoms with van der Waals surface area (Å²) in [6.07, 6.45) is 0. The summed E-state index contributed by atoms with van der Waals surface area (Å²) in [4.78, 5) is 19.2. The first-order chi connectivity index (χ1) is 11.1. The smallest absolute Gasteiger partial charge is 0.241 e. The Morgan fingerprint density at radius 2 is 1.74 bits per heavy atom. The van der Waals surface area contributed by atoms with Gasteiger partial charge in [0.15, 0.2) is 0 Å². The van der Waals surface area contributed by atoms with Crippen LogP contribution >= 0.6 is 12.2 Å². The monoisotopic (exact) mass is 324 g/mol. The van der Waals surface area contributed by atoms with Crippen molar-refractivity contribution in [2.24, 2.45) is 4.99 Å². The summed E-state index contributed by atoms with van der Waals surface area (Å²) in [5.74, 6) is 0.264. The van der Waals surface area contributed by atoms with E-state index in [4.69, 9.17) is 17.0 Å². The molecule has 0 aromatic heterocycles. The number of rotatable bonds is 3. The third kappa shape index (κ3) is 2.87. The van der Waals surface area contributed by atoms with Crippen LogP contribution in [-0.4, -0.2) is 35.7 Å². The maximum atomic E-state index is 12.6. The molecule has 1 saturated heterocycles. The number of carbonyl (C=O) groups is 1. The van der Waals surface area contributed by atoms with Gasteiger partial charge in [0.05, 0.1) is 18.5 Å². The van der Waals surface area contributed by atoms with Gasteiger partial charge < -0.3 is 9.64 Å². The number of hydrogen-bond acceptors (Lipinski definition) is 4. The van der Waals surface area contributed by atoms with E-state index < -0.39 is 5.92 Å². The number of thiocarbonyl (C=S) groups is 1. The highest BCUT2D eigenvalue weighted by Gasteiger charge is 2.40. The van der Waals surface area contributed by atoms with Gasteiger partial charge in [-0.25, -0.2) is 4.99 Å². The number of aliphatic imine (C=N–C) groups is 1. The molecule has 0 spiro atoms. The number of hydrogen-bond donors (Lipinski definition) is 0. The van der Waals surface area contributed by atoms with E-state index >= 15 is 0 Å². The van der Waals surface area contributed by atoms with Gasteiger partial charge in [-0.05, 0) is 29.8 Å². The van der Waals surface area contributed by atoms with E-state index in [1.807, 2.05) is 54.6 Å². The van der Waals surface area contributed by atoms with Crippen LogP contribution in [0, 0.1) is 0 Å². The first kappa shape index (κ1) is 15.4. The van der Waals surface area contributed by atoms with Crippen molar-refractivity contribution in [3.8, 4) is 5.75 Å². The van der Waals surface area contributed by atoms with Crippen LogP contribution < -0.4 is 4.74 Å². The van der Waals surface area contributed by atoms with Gasteiger partial charge in [-0.1, -0.05) is 42.5 Å². The first-order valence-corrected chi connectivity index (χ1v) is 7.62. The lowest BCUT2D eigenvalue weighted by atomic mass is 9.96. The van der Waals surface area contributed by atoms with Crippen LogP contribution in [0.3, 0.4) is 0 Å². The van der Waals surface area contributed by atoms with Gasteiger partial charge in [-0.15, -0.1) is 0 Å². The fraction of sp³-hybridized carbons (Fsp3) is 0.167. The van der Waals surface area contributed by atoms with Crippen LogP contribution in [0.5, 0.6) is 5.75 Å². The van der Waals surface area contributed by atoms with E-state index in [1.54, 1.807) is 14.2 Å². The van der Waals surface area contributed by atoms with Crippen LogP contribution in [0.1, 0.15) is 11.5 Å². The molecule has 0 radical (unpaired) electrons. The minimum Gasteiger partial charge on any atom is -0.497 e. The lowest BCUT2D eigenvalue weighted by molar-refractivity contribution is -0.125. The molecule has 3 rings (SSSR count). The summed E-state index contributed by atoms with van der Waals surface area (Å²) in [5, 5.41) is 0. The van der Waals surface area contributed by atoms with Gasteiger partial charge in [0.25, 0.3) is 0 Å². The van der Waals surface area contributed by atoms with E-state index in [0.717, 1.165) is 17.0 Å². The van der Waals surface area contributed by atoms with Crippen molar-refractivity contribution in [1.29, 1.82) is 0 Å². The van der Waals surface area contributed by atoms with E-state index in [1.165, 1.54) is 4.90 Å². The van der Waals surface area contributed by atoms with Crippen LogP contribution in [0.2, 0.25) is 0 Å². The summed E-state index contributed by atoms with van der Waals surface area (Å²) >= 11 is 5.41. The largest absolute Gasteiger partial charge is 0.497 e. The summed E-state index contributed by atoms with van der Waals surface area (Å²) in [6, 6.07) is 17.0. The number of likely N-dealkylation sites (N-methyl/N-ethyl adjacent to an activating group) is 1. The highest BCUT2D eigenvalue weighted by Crippen LogP contribution is 2.30. The SMILES string of the molecule is COc1ccc(N=C2C(=S)N(C)C(=O)C2c2ccccc2)cc1. The van der Waals surface area contributed by atoms with Crippen LogP contribution in [-0.2, 0) is 4.79 Å². The van der Waals surface area contributed by atoms with Gasteiger partial charge in [-0.2, -0.15) is 0 Å². The Hall–Kier alpha value is -2.53. The van der Waals surface area contributed by atoms with E-state index in [9.17, 15) is 4.79 Å². The van der Waals surface area contributed by atoms with Crippen molar-refractivity contribution in [1.82, 2.24) is 4.90 Å². The Morgan fingerprint density at radius 3 is 2.35 bits per heavy atom. The van der Waals surface area contributed by atoms with E-state index in [-0.39, 0.29) is 5.91 Å². The van der Waals surface area contributed by atoms with Crippen molar-refractivity contribution in [2.75, 3.05) is 14.2 Å². The molecule has 4 nitrogen and oxygen atoms in total. The molecule has 1 atom stereocenters. The van der Waals surface area contributed by atoms with E-state index in [2.05, 4.69) is 4.99 Å². The quantitative estimate of drug-likeness (QED) is 0.813. The average molecular weight is 324 g/mol. The van der Waals surface area contributed by atoms with Crippen LogP contribution in [0.15, 0.2) is 59.6 Å². The normalized spacial score (nSPS) is 19.5. The number of carbonyl (C=O) groups excluding carboxylic acids is 1. The molecule has 2 aromatic carbocycles. The zero-order valence-electron chi connectivity index (χ0n) is 12.9. The molecule has 23 heavy (non-hydrogen) atoms. The summed E-state index contributed by atoms with van der Waals surface area (Å²) in [6.45, 7) is 0. The van der Waals surface area contributed by atoms with Crippen molar-refractivity contribution in [3.63, 3.8) is 0 Å². The zero-order valence-corrected chi connectivity index (χ0v) is 13.7.